The van der Waals surface area contributed by atoms with Gasteiger partial charge >= 0.3 is 0 Å². The molecule has 1 unspecified atom stereocenters. The van der Waals surface area contributed by atoms with Crippen LogP contribution in [-0.2, 0) is 11.0 Å². The van der Waals surface area contributed by atoms with Crippen LogP contribution in [-0.4, -0.2) is 35.6 Å². The lowest BCUT2D eigenvalue weighted by atomic mass is 9.73. The van der Waals surface area contributed by atoms with Crippen LogP contribution in [0.5, 0.6) is 0 Å². The Labute approximate surface area is 132 Å². The van der Waals surface area contributed by atoms with Gasteiger partial charge in [-0.2, -0.15) is 0 Å². The summed E-state index contributed by atoms with van der Waals surface area (Å²) in [7, 11) is 0. The molecule has 1 N–H and O–H groups in total. The van der Waals surface area contributed by atoms with Crippen molar-refractivity contribution in [1.82, 2.24) is 15.2 Å². The maximum atomic E-state index is 5.11. The smallest absolute Gasteiger partial charge is 0.115 e. The van der Waals surface area contributed by atoms with Crippen LogP contribution >= 0.6 is 11.3 Å². The number of aromatic nitrogens is 1. The molecule has 1 atom stereocenters. The number of hydrogen-bond donors (Lipinski definition) is 1. The summed E-state index contributed by atoms with van der Waals surface area (Å²) in [5.74, 6) is 0.780. The molecule has 4 heteroatoms. The minimum absolute atomic E-state index is 0.145. The molecule has 2 bridgehead atoms. The average molecular weight is 305 g/mol. The third-order valence-electron chi connectivity index (χ3n) is 5.45. The Morgan fingerprint density at radius 3 is 2.43 bits per heavy atom. The predicted molar refractivity (Wildman–Crippen MR) is 87.8 cm³/mol. The topological polar surface area (TPSA) is 28.2 Å². The minimum Gasteiger partial charge on any atom is -0.301 e. The molecule has 3 nitrogen and oxygen atoms in total. The first-order valence-electron chi connectivity index (χ1n) is 8.44. The summed E-state index contributed by atoms with van der Waals surface area (Å²) in [5, 5.41) is 7.68. The number of piperidine rings is 3. The highest BCUT2D eigenvalue weighted by molar-refractivity contribution is 7.09. The van der Waals surface area contributed by atoms with Crippen molar-refractivity contribution in [1.29, 1.82) is 0 Å². The first-order valence-corrected chi connectivity index (χ1v) is 9.32. The predicted octanol–water partition coefficient (Wildman–Crippen LogP) is 3.11. The number of rotatable bonds is 3. The summed E-state index contributed by atoms with van der Waals surface area (Å²) >= 11 is 1.89. The summed E-state index contributed by atoms with van der Waals surface area (Å²) in [6.45, 7) is 10.5. The van der Waals surface area contributed by atoms with Crippen molar-refractivity contribution in [2.45, 2.75) is 63.5 Å². The van der Waals surface area contributed by atoms with Gasteiger partial charge in [-0.25, -0.2) is 4.98 Å². The van der Waals surface area contributed by atoms with E-state index in [1.54, 1.807) is 0 Å². The quantitative estimate of drug-likeness (QED) is 0.930. The van der Waals surface area contributed by atoms with Gasteiger partial charge in [0.25, 0.3) is 0 Å². The molecule has 3 saturated heterocycles. The van der Waals surface area contributed by atoms with Gasteiger partial charge in [0.15, 0.2) is 0 Å². The lowest BCUT2D eigenvalue weighted by Crippen LogP contribution is -2.64. The number of fused-ring (bicyclic) bond motifs is 3. The number of hydrogen-bond acceptors (Lipinski definition) is 4. The highest BCUT2D eigenvalue weighted by Crippen LogP contribution is 2.46. The van der Waals surface area contributed by atoms with Crippen LogP contribution in [0.1, 0.15) is 57.2 Å². The zero-order valence-electron chi connectivity index (χ0n) is 13.5. The van der Waals surface area contributed by atoms with Gasteiger partial charge in [-0.05, 0) is 44.7 Å². The van der Waals surface area contributed by atoms with Gasteiger partial charge in [-0.3, -0.25) is 0 Å². The molecule has 3 aliphatic heterocycles. The molecule has 4 heterocycles. The van der Waals surface area contributed by atoms with E-state index in [-0.39, 0.29) is 11.0 Å². The molecule has 0 spiro atoms. The summed E-state index contributed by atoms with van der Waals surface area (Å²) in [6.07, 6.45) is 5.38. The fraction of sp³-hybridized carbons (Fsp3) is 0.824. The van der Waals surface area contributed by atoms with E-state index < -0.39 is 0 Å². The van der Waals surface area contributed by atoms with Crippen LogP contribution in [0.25, 0.3) is 0 Å². The van der Waals surface area contributed by atoms with Gasteiger partial charge in [0.05, 0.1) is 11.2 Å². The van der Waals surface area contributed by atoms with Gasteiger partial charge in [0, 0.05) is 23.4 Å². The van der Waals surface area contributed by atoms with E-state index in [1.807, 2.05) is 11.3 Å². The number of nitrogens with one attached hydrogen (secondary N) is 1. The van der Waals surface area contributed by atoms with Crippen LogP contribution in [0, 0.1) is 5.92 Å². The normalized spacial score (nSPS) is 36.1. The van der Waals surface area contributed by atoms with Crippen molar-refractivity contribution < 1.29 is 0 Å². The van der Waals surface area contributed by atoms with Gasteiger partial charge < -0.3 is 10.2 Å². The lowest BCUT2D eigenvalue weighted by molar-refractivity contribution is 0.00164. The molecule has 0 amide bonds. The largest absolute Gasteiger partial charge is 0.301 e. The molecule has 0 radical (unpaired) electrons. The van der Waals surface area contributed by atoms with E-state index in [2.05, 4.69) is 36.4 Å². The molecule has 1 aliphatic carbocycles. The van der Waals surface area contributed by atoms with Crippen molar-refractivity contribution in [2.24, 2.45) is 5.92 Å². The zero-order chi connectivity index (χ0) is 14.7. The van der Waals surface area contributed by atoms with E-state index in [9.17, 15) is 0 Å². The molecule has 4 fully saturated rings. The maximum absolute atomic E-state index is 5.11. The van der Waals surface area contributed by atoms with Crippen molar-refractivity contribution in [3.63, 3.8) is 0 Å². The minimum atomic E-state index is 0.145. The second kappa shape index (κ2) is 4.77. The molecule has 0 aromatic carbocycles. The third-order valence-corrected chi connectivity index (χ3v) is 6.47. The van der Waals surface area contributed by atoms with Gasteiger partial charge in [0.1, 0.15) is 5.01 Å². The Morgan fingerprint density at radius 1 is 1.24 bits per heavy atom. The Kier molecular flexibility index (Phi) is 3.22. The summed E-state index contributed by atoms with van der Waals surface area (Å²) in [4.78, 5) is 7.75. The zero-order valence-corrected chi connectivity index (χ0v) is 14.3. The summed E-state index contributed by atoms with van der Waals surface area (Å²) in [6, 6.07) is 0.743. The van der Waals surface area contributed by atoms with Gasteiger partial charge in [-0.15, -0.1) is 11.3 Å². The van der Waals surface area contributed by atoms with Crippen molar-refractivity contribution >= 4 is 11.3 Å². The van der Waals surface area contributed by atoms with E-state index in [4.69, 9.17) is 4.98 Å². The van der Waals surface area contributed by atoms with Crippen LogP contribution in [0.15, 0.2) is 5.38 Å². The molecule has 116 valence electrons. The Bertz CT molecular complexity index is 516. The second-order valence-electron chi connectivity index (χ2n) is 8.23. The molecule has 21 heavy (non-hydrogen) atoms. The monoisotopic (exact) mass is 305 g/mol. The van der Waals surface area contributed by atoms with E-state index in [1.165, 1.54) is 56.0 Å². The van der Waals surface area contributed by atoms with Crippen molar-refractivity contribution in [3.8, 4) is 0 Å². The molecular formula is C17H27N3S. The molecule has 1 aromatic heterocycles. The van der Waals surface area contributed by atoms with Crippen LogP contribution in [0.4, 0.5) is 0 Å². The molecule has 4 aliphatic rings. The fourth-order valence-electron chi connectivity index (χ4n) is 3.95. The molecular weight excluding hydrogens is 278 g/mol. The SMILES string of the molecule is CC(C)(C)c1csc(C2(NC3CC3)CN3CCC2CC3)n1. The van der Waals surface area contributed by atoms with Gasteiger partial charge in [0.2, 0.25) is 0 Å². The Balaban J connectivity index is 1.71. The lowest BCUT2D eigenvalue weighted by Gasteiger charge is -2.53. The Hall–Kier alpha value is -0.450. The average Bonchev–Trinajstić information content (AvgIpc) is 3.09. The highest BCUT2D eigenvalue weighted by atomic mass is 32.1. The van der Waals surface area contributed by atoms with Crippen LogP contribution in [0.2, 0.25) is 0 Å². The highest BCUT2D eigenvalue weighted by Gasteiger charge is 2.51. The van der Waals surface area contributed by atoms with E-state index >= 15 is 0 Å². The van der Waals surface area contributed by atoms with Crippen molar-refractivity contribution in [2.75, 3.05) is 19.6 Å². The van der Waals surface area contributed by atoms with Crippen LogP contribution in [0.3, 0.4) is 0 Å². The second-order valence-corrected chi connectivity index (χ2v) is 9.09. The first kappa shape index (κ1) is 14.2. The molecule has 1 saturated carbocycles. The summed E-state index contributed by atoms with van der Waals surface area (Å²) in [5.41, 5.74) is 1.56. The van der Waals surface area contributed by atoms with Crippen molar-refractivity contribution in [3.05, 3.63) is 16.1 Å². The number of nitrogens with zero attached hydrogens (tertiary/aromatic N) is 2. The van der Waals surface area contributed by atoms with E-state index in [0.717, 1.165) is 12.0 Å². The number of thiazole rings is 1. The first-order chi connectivity index (χ1) is 9.97. The Morgan fingerprint density at radius 2 is 1.95 bits per heavy atom. The summed E-state index contributed by atoms with van der Waals surface area (Å²) < 4.78 is 0. The molecule has 1 aromatic rings. The van der Waals surface area contributed by atoms with E-state index in [0.29, 0.717) is 0 Å². The standard InChI is InChI=1S/C17H27N3S/c1-16(2,3)14-10-21-15(18-14)17(19-13-4-5-13)11-20-8-6-12(17)7-9-20/h10,12-13,19H,4-9,11H2,1-3H3. The van der Waals surface area contributed by atoms with Crippen LogP contribution < -0.4 is 5.32 Å². The fourth-order valence-corrected chi connectivity index (χ4v) is 5.23. The molecule has 5 rings (SSSR count). The third kappa shape index (κ3) is 2.45. The van der Waals surface area contributed by atoms with Gasteiger partial charge in [-0.1, -0.05) is 20.8 Å². The maximum Gasteiger partial charge on any atom is 0.115 e.